The molecule has 1 aliphatic heterocycles. The fraction of sp³-hybridized carbons (Fsp3) is 0.857. The van der Waals surface area contributed by atoms with Crippen molar-refractivity contribution in [3.8, 4) is 0 Å². The Balaban J connectivity index is 1.68. The number of urea groups is 1. The molecule has 7 heteroatoms. The van der Waals surface area contributed by atoms with E-state index in [2.05, 4.69) is 10.2 Å². The van der Waals surface area contributed by atoms with Gasteiger partial charge >= 0.3 is 12.0 Å². The molecule has 0 aromatic rings. The number of amides is 2. The fourth-order valence-electron chi connectivity index (χ4n) is 2.57. The number of rotatable bonds is 6. The van der Waals surface area contributed by atoms with Crippen molar-refractivity contribution >= 4 is 12.0 Å². The van der Waals surface area contributed by atoms with Gasteiger partial charge in [-0.1, -0.05) is 0 Å². The number of aliphatic carboxylic acids is 1. The quantitative estimate of drug-likeness (QED) is 0.639. The molecule has 0 spiro atoms. The lowest BCUT2D eigenvalue weighted by molar-refractivity contribution is -0.141. The predicted molar refractivity (Wildman–Crippen MR) is 77.0 cm³/mol. The molecule has 1 atom stereocenters. The van der Waals surface area contributed by atoms with E-state index in [1.165, 1.54) is 19.8 Å². The molecule has 0 radical (unpaired) electrons. The minimum atomic E-state index is -1.42. The van der Waals surface area contributed by atoms with Crippen LogP contribution in [0.4, 0.5) is 4.79 Å². The summed E-state index contributed by atoms with van der Waals surface area (Å²) in [5.74, 6) is -0.223. The Kier molecular flexibility index (Phi) is 5.05. The molecule has 2 rings (SSSR count). The Hall–Kier alpha value is -1.34. The summed E-state index contributed by atoms with van der Waals surface area (Å²) in [5, 5.41) is 21.2. The highest BCUT2D eigenvalue weighted by Gasteiger charge is 2.29. The van der Waals surface area contributed by atoms with Crippen LogP contribution in [0.1, 0.15) is 26.2 Å². The molecule has 1 heterocycles. The van der Waals surface area contributed by atoms with Gasteiger partial charge in [0.05, 0.1) is 12.0 Å². The maximum Gasteiger partial charge on any atom is 0.317 e. The zero-order valence-electron chi connectivity index (χ0n) is 12.5. The highest BCUT2D eigenvalue weighted by atomic mass is 16.4. The van der Waals surface area contributed by atoms with E-state index >= 15 is 0 Å². The standard InChI is InChI=1S/C14H25N3O4/c1-14(21,8-12(18)19)10-15-13(20)17-6-4-16(5-7-17)9-11-2-3-11/h11,21H,2-10H2,1H3,(H,15,20)(H,18,19). The maximum atomic E-state index is 12.0. The molecule has 0 aromatic carbocycles. The summed E-state index contributed by atoms with van der Waals surface area (Å²) in [7, 11) is 0. The van der Waals surface area contributed by atoms with Gasteiger partial charge in [-0.2, -0.15) is 0 Å². The first-order valence-corrected chi connectivity index (χ1v) is 7.55. The molecule has 2 amide bonds. The number of carboxylic acids is 1. The first kappa shape index (κ1) is 16.0. The van der Waals surface area contributed by atoms with Crippen LogP contribution >= 0.6 is 0 Å². The van der Waals surface area contributed by atoms with Gasteiger partial charge in [-0.05, 0) is 25.7 Å². The van der Waals surface area contributed by atoms with Crippen molar-refractivity contribution in [2.24, 2.45) is 5.92 Å². The Bertz CT molecular complexity index is 388. The Morgan fingerprint density at radius 1 is 1.24 bits per heavy atom. The number of carbonyl (C=O) groups excluding carboxylic acids is 1. The second-order valence-electron chi connectivity index (χ2n) is 6.46. The average Bonchev–Trinajstić information content (AvgIpc) is 3.19. The molecule has 0 aromatic heterocycles. The number of carbonyl (C=O) groups is 2. The van der Waals surface area contributed by atoms with E-state index in [-0.39, 0.29) is 19.0 Å². The van der Waals surface area contributed by atoms with Gasteiger partial charge < -0.3 is 20.4 Å². The Labute approximate surface area is 124 Å². The summed E-state index contributed by atoms with van der Waals surface area (Å²) in [6, 6.07) is -0.230. The van der Waals surface area contributed by atoms with Gasteiger partial charge in [0.2, 0.25) is 0 Å². The SMILES string of the molecule is CC(O)(CNC(=O)N1CCN(CC2CC2)CC1)CC(=O)O. The predicted octanol–water partition coefficient (Wildman–Crippen LogP) is -0.0507. The summed E-state index contributed by atoms with van der Waals surface area (Å²) >= 11 is 0. The average molecular weight is 299 g/mol. The van der Waals surface area contributed by atoms with Gasteiger partial charge in [-0.15, -0.1) is 0 Å². The number of hydrogen-bond acceptors (Lipinski definition) is 4. The number of hydrogen-bond donors (Lipinski definition) is 3. The van der Waals surface area contributed by atoms with E-state index in [9.17, 15) is 14.7 Å². The zero-order valence-corrected chi connectivity index (χ0v) is 12.5. The van der Waals surface area contributed by atoms with Crippen molar-refractivity contribution in [2.45, 2.75) is 31.8 Å². The highest BCUT2D eigenvalue weighted by Crippen LogP contribution is 2.29. The first-order valence-electron chi connectivity index (χ1n) is 7.55. The third-order valence-corrected chi connectivity index (χ3v) is 4.03. The lowest BCUT2D eigenvalue weighted by Gasteiger charge is -2.35. The molecule has 0 bridgehead atoms. The molecular formula is C14H25N3O4. The summed E-state index contributed by atoms with van der Waals surface area (Å²) in [4.78, 5) is 26.7. The molecule has 1 aliphatic carbocycles. The van der Waals surface area contributed by atoms with E-state index in [4.69, 9.17) is 5.11 Å². The molecule has 2 fully saturated rings. The van der Waals surface area contributed by atoms with Crippen molar-refractivity contribution in [2.75, 3.05) is 39.3 Å². The fourth-order valence-corrected chi connectivity index (χ4v) is 2.57. The van der Waals surface area contributed by atoms with E-state index in [1.54, 1.807) is 4.90 Å². The van der Waals surface area contributed by atoms with Crippen LogP contribution in [0.25, 0.3) is 0 Å². The molecular weight excluding hydrogens is 274 g/mol. The molecule has 3 N–H and O–H groups in total. The van der Waals surface area contributed by atoms with Crippen LogP contribution in [0.2, 0.25) is 0 Å². The van der Waals surface area contributed by atoms with E-state index in [0.29, 0.717) is 13.1 Å². The second-order valence-corrected chi connectivity index (χ2v) is 6.46. The van der Waals surface area contributed by atoms with E-state index in [0.717, 1.165) is 25.6 Å². The number of aliphatic hydroxyl groups is 1. The lowest BCUT2D eigenvalue weighted by Crippen LogP contribution is -2.54. The second kappa shape index (κ2) is 6.62. The Morgan fingerprint density at radius 2 is 1.86 bits per heavy atom. The number of piperazine rings is 1. The van der Waals surface area contributed by atoms with Crippen LogP contribution in [0.5, 0.6) is 0 Å². The maximum absolute atomic E-state index is 12.0. The molecule has 120 valence electrons. The molecule has 2 aliphatic rings. The van der Waals surface area contributed by atoms with Gasteiger partial charge in [0, 0.05) is 39.3 Å². The lowest BCUT2D eigenvalue weighted by atomic mass is 10.0. The number of carboxylic acid groups (broad SMARTS) is 1. The van der Waals surface area contributed by atoms with Crippen molar-refractivity contribution in [1.82, 2.24) is 15.1 Å². The monoisotopic (exact) mass is 299 g/mol. The minimum Gasteiger partial charge on any atom is -0.481 e. The van der Waals surface area contributed by atoms with Crippen molar-refractivity contribution in [3.63, 3.8) is 0 Å². The van der Waals surface area contributed by atoms with Crippen LogP contribution in [-0.4, -0.2) is 76.9 Å². The van der Waals surface area contributed by atoms with Gasteiger partial charge in [-0.25, -0.2) is 4.79 Å². The molecule has 21 heavy (non-hydrogen) atoms. The van der Waals surface area contributed by atoms with Crippen LogP contribution < -0.4 is 5.32 Å². The van der Waals surface area contributed by atoms with Crippen LogP contribution in [-0.2, 0) is 4.79 Å². The van der Waals surface area contributed by atoms with Crippen LogP contribution in [0, 0.1) is 5.92 Å². The zero-order chi connectivity index (χ0) is 15.5. The smallest absolute Gasteiger partial charge is 0.317 e. The molecule has 1 saturated carbocycles. The van der Waals surface area contributed by atoms with Crippen molar-refractivity contribution < 1.29 is 19.8 Å². The minimum absolute atomic E-state index is 0.0551. The Morgan fingerprint density at radius 3 is 2.38 bits per heavy atom. The first-order chi connectivity index (χ1) is 9.85. The third kappa shape index (κ3) is 5.51. The number of nitrogens with one attached hydrogen (secondary N) is 1. The molecule has 7 nitrogen and oxygen atoms in total. The molecule has 1 saturated heterocycles. The third-order valence-electron chi connectivity index (χ3n) is 4.03. The molecule has 1 unspecified atom stereocenters. The van der Waals surface area contributed by atoms with E-state index in [1.807, 2.05) is 0 Å². The van der Waals surface area contributed by atoms with Gasteiger partial charge in [0.15, 0.2) is 0 Å². The summed E-state index contributed by atoms with van der Waals surface area (Å²) in [6.45, 7) is 5.63. The largest absolute Gasteiger partial charge is 0.481 e. The summed E-state index contributed by atoms with van der Waals surface area (Å²) < 4.78 is 0. The van der Waals surface area contributed by atoms with Crippen LogP contribution in [0.3, 0.4) is 0 Å². The van der Waals surface area contributed by atoms with Gasteiger partial charge in [0.1, 0.15) is 0 Å². The summed E-state index contributed by atoms with van der Waals surface area (Å²) in [5.41, 5.74) is -1.42. The van der Waals surface area contributed by atoms with Crippen LogP contribution in [0.15, 0.2) is 0 Å². The number of nitrogens with zero attached hydrogens (tertiary/aromatic N) is 2. The topological polar surface area (TPSA) is 93.1 Å². The van der Waals surface area contributed by atoms with E-state index < -0.39 is 11.6 Å². The van der Waals surface area contributed by atoms with Crippen molar-refractivity contribution in [3.05, 3.63) is 0 Å². The normalized spacial score (nSPS) is 22.7. The highest BCUT2D eigenvalue weighted by molar-refractivity contribution is 5.74. The van der Waals surface area contributed by atoms with Gasteiger partial charge in [0.25, 0.3) is 0 Å². The van der Waals surface area contributed by atoms with Crippen molar-refractivity contribution in [1.29, 1.82) is 0 Å². The van der Waals surface area contributed by atoms with Gasteiger partial charge in [-0.3, -0.25) is 9.69 Å². The summed E-state index contributed by atoms with van der Waals surface area (Å²) in [6.07, 6.45) is 2.28.